The van der Waals surface area contributed by atoms with Gasteiger partial charge in [-0.15, -0.1) is 0 Å². The Morgan fingerprint density at radius 1 is 1.12 bits per heavy atom. The molecule has 4 nitrogen and oxygen atoms in total. The van der Waals surface area contributed by atoms with Crippen molar-refractivity contribution in [1.82, 2.24) is 15.1 Å². The molecule has 98 valence electrons. The van der Waals surface area contributed by atoms with Crippen LogP contribution in [0.3, 0.4) is 0 Å². The molecule has 17 heavy (non-hydrogen) atoms. The van der Waals surface area contributed by atoms with Crippen molar-refractivity contribution < 1.29 is 4.42 Å². The van der Waals surface area contributed by atoms with Crippen LogP contribution in [0.25, 0.3) is 0 Å². The minimum Gasteiger partial charge on any atom is -0.463 e. The summed E-state index contributed by atoms with van der Waals surface area (Å²) < 4.78 is 5.71. The molecule has 0 aliphatic heterocycles. The number of nitrogens with zero attached hydrogens (tertiary/aromatic N) is 2. The van der Waals surface area contributed by atoms with Gasteiger partial charge in [0.2, 0.25) is 0 Å². The molecule has 1 aromatic heterocycles. The molecule has 0 radical (unpaired) electrons. The fourth-order valence-electron chi connectivity index (χ4n) is 1.78. The van der Waals surface area contributed by atoms with Gasteiger partial charge in [0.15, 0.2) is 0 Å². The maximum atomic E-state index is 5.71. The van der Waals surface area contributed by atoms with Gasteiger partial charge in [-0.05, 0) is 59.8 Å². The van der Waals surface area contributed by atoms with Gasteiger partial charge < -0.3 is 14.6 Å². The van der Waals surface area contributed by atoms with Gasteiger partial charge >= 0.3 is 0 Å². The summed E-state index contributed by atoms with van der Waals surface area (Å²) in [5.41, 5.74) is 0. The molecule has 4 heteroatoms. The third-order valence-corrected chi connectivity index (χ3v) is 2.64. The van der Waals surface area contributed by atoms with E-state index in [-0.39, 0.29) is 0 Å². The van der Waals surface area contributed by atoms with Crippen LogP contribution in [0.15, 0.2) is 16.5 Å². The summed E-state index contributed by atoms with van der Waals surface area (Å²) in [7, 11) is 8.28. The van der Waals surface area contributed by atoms with E-state index in [1.54, 1.807) is 0 Å². The summed E-state index contributed by atoms with van der Waals surface area (Å²) in [6.07, 6.45) is 1.19. The molecular weight excluding hydrogens is 214 g/mol. The maximum Gasteiger partial charge on any atom is 0.118 e. The lowest BCUT2D eigenvalue weighted by molar-refractivity contribution is 0.270. The summed E-state index contributed by atoms with van der Waals surface area (Å²) >= 11 is 0. The predicted octanol–water partition coefficient (Wildman–Crippen LogP) is 1.38. The molecule has 1 rings (SSSR count). The number of rotatable bonds is 8. The van der Waals surface area contributed by atoms with Gasteiger partial charge in [-0.2, -0.15) is 0 Å². The van der Waals surface area contributed by atoms with Crippen LogP contribution in [0.2, 0.25) is 0 Å². The lowest BCUT2D eigenvalue weighted by atomic mass is 10.3. The van der Waals surface area contributed by atoms with Gasteiger partial charge in [0.1, 0.15) is 11.5 Å². The first-order chi connectivity index (χ1) is 8.11. The highest BCUT2D eigenvalue weighted by Crippen LogP contribution is 2.09. The molecule has 0 amide bonds. The van der Waals surface area contributed by atoms with Crippen LogP contribution in [-0.4, -0.2) is 51.1 Å². The molecule has 1 N–H and O–H groups in total. The smallest absolute Gasteiger partial charge is 0.118 e. The standard InChI is InChI=1S/C13H25N3O/c1-14-10-12-6-7-13(17-12)11-16(4)9-5-8-15(2)3/h6-7,14H,5,8-11H2,1-4H3. The molecular formula is C13H25N3O. The van der Waals surface area contributed by atoms with E-state index >= 15 is 0 Å². The molecule has 0 saturated carbocycles. The van der Waals surface area contributed by atoms with Crippen molar-refractivity contribution in [1.29, 1.82) is 0 Å². The number of hydrogen-bond acceptors (Lipinski definition) is 4. The van der Waals surface area contributed by atoms with Crippen molar-refractivity contribution >= 4 is 0 Å². The topological polar surface area (TPSA) is 31.6 Å². The zero-order chi connectivity index (χ0) is 12.7. The normalized spacial score (nSPS) is 11.6. The Morgan fingerprint density at radius 3 is 2.47 bits per heavy atom. The monoisotopic (exact) mass is 239 g/mol. The molecule has 1 heterocycles. The minimum absolute atomic E-state index is 0.796. The Bertz CT molecular complexity index is 309. The molecule has 1 aromatic rings. The molecule has 0 aromatic carbocycles. The quantitative estimate of drug-likeness (QED) is 0.743. The molecule has 0 aliphatic rings. The van der Waals surface area contributed by atoms with Crippen molar-refractivity contribution in [2.24, 2.45) is 0 Å². The molecule has 0 bridgehead atoms. The van der Waals surface area contributed by atoms with Crippen LogP contribution in [0.5, 0.6) is 0 Å². The number of nitrogens with one attached hydrogen (secondary N) is 1. The van der Waals surface area contributed by atoms with Crippen LogP contribution in [0, 0.1) is 0 Å². The van der Waals surface area contributed by atoms with Crippen LogP contribution in [0.4, 0.5) is 0 Å². The predicted molar refractivity (Wildman–Crippen MR) is 71.0 cm³/mol. The average Bonchev–Trinajstić information content (AvgIpc) is 2.65. The highest BCUT2D eigenvalue weighted by atomic mass is 16.3. The Labute approximate surface area is 105 Å². The van der Waals surface area contributed by atoms with Crippen LogP contribution >= 0.6 is 0 Å². The molecule has 0 spiro atoms. The first-order valence-corrected chi connectivity index (χ1v) is 6.17. The summed E-state index contributed by atoms with van der Waals surface area (Å²) in [6.45, 7) is 3.91. The van der Waals surface area contributed by atoms with Crippen molar-refractivity contribution in [3.8, 4) is 0 Å². The fraction of sp³-hybridized carbons (Fsp3) is 0.692. The van der Waals surface area contributed by atoms with Crippen molar-refractivity contribution in [2.75, 3.05) is 41.3 Å². The van der Waals surface area contributed by atoms with E-state index in [9.17, 15) is 0 Å². The second-order valence-corrected chi connectivity index (χ2v) is 4.79. The minimum atomic E-state index is 0.796. The lowest BCUT2D eigenvalue weighted by Crippen LogP contribution is -2.23. The first kappa shape index (κ1) is 14.2. The van der Waals surface area contributed by atoms with Crippen LogP contribution in [-0.2, 0) is 13.1 Å². The van der Waals surface area contributed by atoms with E-state index in [1.165, 1.54) is 6.42 Å². The van der Waals surface area contributed by atoms with E-state index in [0.29, 0.717) is 0 Å². The Balaban J connectivity index is 2.26. The van der Waals surface area contributed by atoms with Gasteiger partial charge in [-0.3, -0.25) is 4.90 Å². The lowest BCUT2D eigenvalue weighted by Gasteiger charge is -2.16. The molecule has 0 atom stereocenters. The molecule has 0 saturated heterocycles. The van der Waals surface area contributed by atoms with E-state index in [1.807, 2.05) is 13.1 Å². The number of furan rings is 1. The van der Waals surface area contributed by atoms with E-state index < -0.39 is 0 Å². The van der Waals surface area contributed by atoms with E-state index in [2.05, 4.69) is 42.3 Å². The third kappa shape index (κ3) is 5.86. The largest absolute Gasteiger partial charge is 0.463 e. The van der Waals surface area contributed by atoms with Crippen molar-refractivity contribution in [3.63, 3.8) is 0 Å². The maximum absolute atomic E-state index is 5.71. The van der Waals surface area contributed by atoms with Crippen molar-refractivity contribution in [2.45, 2.75) is 19.5 Å². The highest BCUT2D eigenvalue weighted by molar-refractivity contribution is 5.06. The summed E-state index contributed by atoms with van der Waals surface area (Å²) in [5.74, 6) is 2.05. The van der Waals surface area contributed by atoms with E-state index in [0.717, 1.165) is 37.7 Å². The molecule has 0 fully saturated rings. The zero-order valence-electron chi connectivity index (χ0n) is 11.5. The Hall–Kier alpha value is -0.840. The third-order valence-electron chi connectivity index (χ3n) is 2.64. The molecule has 0 aliphatic carbocycles. The van der Waals surface area contributed by atoms with Gasteiger partial charge in [0, 0.05) is 0 Å². The van der Waals surface area contributed by atoms with Gasteiger partial charge in [-0.25, -0.2) is 0 Å². The number of hydrogen-bond donors (Lipinski definition) is 1. The summed E-state index contributed by atoms with van der Waals surface area (Å²) in [4.78, 5) is 4.51. The van der Waals surface area contributed by atoms with Gasteiger partial charge in [-0.1, -0.05) is 0 Å². The second-order valence-electron chi connectivity index (χ2n) is 4.79. The fourth-order valence-corrected chi connectivity index (χ4v) is 1.78. The van der Waals surface area contributed by atoms with Gasteiger partial charge in [0.25, 0.3) is 0 Å². The molecule has 0 unspecified atom stereocenters. The zero-order valence-corrected chi connectivity index (χ0v) is 11.5. The summed E-state index contributed by atoms with van der Waals surface area (Å²) in [5, 5.41) is 3.08. The van der Waals surface area contributed by atoms with Crippen LogP contribution < -0.4 is 5.32 Å². The second kappa shape index (κ2) is 7.48. The Kier molecular flexibility index (Phi) is 6.26. The van der Waals surface area contributed by atoms with Crippen LogP contribution in [0.1, 0.15) is 17.9 Å². The first-order valence-electron chi connectivity index (χ1n) is 6.17. The highest BCUT2D eigenvalue weighted by Gasteiger charge is 2.05. The average molecular weight is 239 g/mol. The summed E-state index contributed by atoms with van der Waals surface area (Å²) in [6, 6.07) is 4.11. The van der Waals surface area contributed by atoms with E-state index in [4.69, 9.17) is 4.42 Å². The SMILES string of the molecule is CNCc1ccc(CN(C)CCCN(C)C)o1. The Morgan fingerprint density at radius 2 is 1.82 bits per heavy atom. The van der Waals surface area contributed by atoms with Crippen molar-refractivity contribution in [3.05, 3.63) is 23.7 Å². The van der Waals surface area contributed by atoms with Gasteiger partial charge in [0.05, 0.1) is 13.1 Å².